The van der Waals surface area contributed by atoms with E-state index in [4.69, 9.17) is 0 Å². The van der Waals surface area contributed by atoms with Gasteiger partial charge < -0.3 is 10.1 Å². The topological polar surface area (TPSA) is 95.1 Å². The molecule has 0 aliphatic heterocycles. The first kappa shape index (κ1) is 15.2. The van der Waals surface area contributed by atoms with E-state index < -0.39 is 22.2 Å². The maximum Gasteiger partial charge on any atom is 0.258 e. The van der Waals surface area contributed by atoms with Crippen LogP contribution in [0.25, 0.3) is 0 Å². The Morgan fingerprint density at radius 2 is 2.09 bits per heavy atom. The van der Waals surface area contributed by atoms with Crippen LogP contribution in [0.5, 0.6) is 0 Å². The molecule has 0 saturated heterocycles. The Hall–Kier alpha value is -1.70. The van der Waals surface area contributed by atoms with Crippen LogP contribution in [0.15, 0.2) is 35.5 Å². The highest BCUT2D eigenvalue weighted by Crippen LogP contribution is 2.32. The van der Waals surface area contributed by atoms with E-state index in [1.807, 2.05) is 38.1 Å². The van der Waals surface area contributed by atoms with E-state index in [2.05, 4.69) is 14.7 Å². The summed E-state index contributed by atoms with van der Waals surface area (Å²) in [6, 6.07) is 6.83. The first-order valence-electron chi connectivity index (χ1n) is 7.21. The van der Waals surface area contributed by atoms with Gasteiger partial charge in [0.15, 0.2) is 5.03 Å². The zero-order chi connectivity index (χ0) is 15.9. The number of H-pyrrole nitrogens is 1. The molecule has 3 N–H and O–H groups in total. The van der Waals surface area contributed by atoms with Gasteiger partial charge in [0.1, 0.15) is 5.82 Å². The molecule has 1 heterocycles. The van der Waals surface area contributed by atoms with Crippen molar-refractivity contribution in [2.45, 2.75) is 43.4 Å². The van der Waals surface area contributed by atoms with Crippen molar-refractivity contribution in [1.29, 1.82) is 0 Å². The molecule has 3 rings (SSSR count). The summed E-state index contributed by atoms with van der Waals surface area (Å²) in [4.78, 5) is 6.91. The Kier molecular flexibility index (Phi) is 3.80. The molecule has 0 bridgehead atoms. The third-order valence-electron chi connectivity index (χ3n) is 3.89. The number of aromatic amines is 1. The number of imidazole rings is 1. The number of hydrogen-bond acceptors (Lipinski definition) is 4. The third kappa shape index (κ3) is 2.67. The van der Waals surface area contributed by atoms with Crippen molar-refractivity contribution in [3.8, 4) is 0 Å². The van der Waals surface area contributed by atoms with Gasteiger partial charge in [0.05, 0.1) is 18.3 Å². The minimum Gasteiger partial charge on any atom is -0.391 e. The lowest BCUT2D eigenvalue weighted by molar-refractivity contribution is 0.151. The number of sulfonamides is 1. The van der Waals surface area contributed by atoms with Crippen molar-refractivity contribution in [3.05, 3.63) is 47.4 Å². The lowest BCUT2D eigenvalue weighted by atomic mass is 10.1. The van der Waals surface area contributed by atoms with Crippen LogP contribution in [0.2, 0.25) is 0 Å². The highest BCUT2D eigenvalue weighted by molar-refractivity contribution is 7.89. The molecule has 1 aliphatic rings. The molecule has 118 valence electrons. The Balaban J connectivity index is 1.88. The van der Waals surface area contributed by atoms with E-state index in [1.54, 1.807) is 0 Å². The highest BCUT2D eigenvalue weighted by Gasteiger charge is 2.34. The van der Waals surface area contributed by atoms with Gasteiger partial charge in [-0.05, 0) is 11.1 Å². The van der Waals surface area contributed by atoms with Gasteiger partial charge in [0, 0.05) is 12.3 Å². The molecule has 0 amide bonds. The molecule has 2 aromatic rings. The average molecular weight is 321 g/mol. The van der Waals surface area contributed by atoms with Crippen LogP contribution >= 0.6 is 0 Å². The lowest BCUT2D eigenvalue weighted by Gasteiger charge is -2.17. The Labute approximate surface area is 129 Å². The number of rotatable bonds is 4. The van der Waals surface area contributed by atoms with Crippen molar-refractivity contribution in [3.63, 3.8) is 0 Å². The average Bonchev–Trinajstić information content (AvgIpc) is 3.05. The maximum atomic E-state index is 12.5. The first-order chi connectivity index (χ1) is 10.4. The molecule has 1 aromatic carbocycles. The number of nitrogens with one attached hydrogen (secondary N) is 2. The predicted molar refractivity (Wildman–Crippen MR) is 81.9 cm³/mol. The first-order valence-corrected chi connectivity index (χ1v) is 8.70. The predicted octanol–water partition coefficient (Wildman–Crippen LogP) is 1.47. The fourth-order valence-electron chi connectivity index (χ4n) is 2.70. The summed E-state index contributed by atoms with van der Waals surface area (Å²) in [5.41, 5.74) is 1.79. The number of aliphatic hydroxyl groups is 1. The number of nitrogens with zero attached hydrogens (tertiary/aromatic N) is 1. The van der Waals surface area contributed by atoms with E-state index in [0.29, 0.717) is 12.2 Å². The van der Waals surface area contributed by atoms with Gasteiger partial charge in [0.2, 0.25) is 0 Å². The normalized spacial score (nSPS) is 21.3. The molecule has 2 atom stereocenters. The lowest BCUT2D eigenvalue weighted by Crippen LogP contribution is -2.34. The molecule has 0 fully saturated rings. The van der Waals surface area contributed by atoms with Crippen LogP contribution in [-0.4, -0.2) is 29.6 Å². The minimum absolute atomic E-state index is 0.0211. The summed E-state index contributed by atoms with van der Waals surface area (Å²) in [5.74, 6) is 0.731. The van der Waals surface area contributed by atoms with Crippen molar-refractivity contribution < 1.29 is 13.5 Å². The largest absolute Gasteiger partial charge is 0.391 e. The van der Waals surface area contributed by atoms with Gasteiger partial charge in [-0.15, -0.1) is 0 Å². The molecule has 2 unspecified atom stereocenters. The number of fused-ring (bicyclic) bond motifs is 1. The molecule has 0 spiro atoms. The molecular weight excluding hydrogens is 302 g/mol. The van der Waals surface area contributed by atoms with E-state index in [-0.39, 0.29) is 10.9 Å². The third-order valence-corrected chi connectivity index (χ3v) is 5.25. The fraction of sp³-hybridized carbons (Fsp3) is 0.400. The van der Waals surface area contributed by atoms with Crippen molar-refractivity contribution in [1.82, 2.24) is 14.7 Å². The second-order valence-electron chi connectivity index (χ2n) is 5.86. The molecule has 0 radical (unpaired) electrons. The maximum absolute atomic E-state index is 12.5. The summed E-state index contributed by atoms with van der Waals surface area (Å²) in [5, 5.41) is 10.2. The zero-order valence-electron chi connectivity index (χ0n) is 12.4. The van der Waals surface area contributed by atoms with Gasteiger partial charge in [-0.2, -0.15) is 4.72 Å². The smallest absolute Gasteiger partial charge is 0.258 e. The molecule has 6 nitrogen and oxygen atoms in total. The Morgan fingerprint density at radius 3 is 2.77 bits per heavy atom. The van der Waals surface area contributed by atoms with Gasteiger partial charge in [-0.3, -0.25) is 0 Å². The monoisotopic (exact) mass is 321 g/mol. The zero-order valence-corrected chi connectivity index (χ0v) is 13.3. The SMILES string of the molecule is CC(C)c1ncc(S(=O)(=O)NC2c3ccccc3CC2O)[nH]1. The van der Waals surface area contributed by atoms with E-state index in [9.17, 15) is 13.5 Å². The highest BCUT2D eigenvalue weighted by atomic mass is 32.2. The standard InChI is InChI=1S/C15H19N3O3S/c1-9(2)15-16-8-13(17-15)22(20,21)18-14-11-6-4-3-5-10(11)7-12(14)19/h3-6,8-9,12,14,18-19H,7H2,1-2H3,(H,16,17). The van der Waals surface area contributed by atoms with Gasteiger partial charge >= 0.3 is 0 Å². The van der Waals surface area contributed by atoms with Gasteiger partial charge in [-0.1, -0.05) is 38.1 Å². The molecule has 7 heteroatoms. The number of aromatic nitrogens is 2. The van der Waals surface area contributed by atoms with Crippen LogP contribution in [0, 0.1) is 0 Å². The second kappa shape index (κ2) is 5.49. The van der Waals surface area contributed by atoms with Gasteiger partial charge in [-0.25, -0.2) is 13.4 Å². The quantitative estimate of drug-likeness (QED) is 0.794. The summed E-state index contributed by atoms with van der Waals surface area (Å²) < 4.78 is 27.6. The van der Waals surface area contributed by atoms with E-state index in [0.717, 1.165) is 11.1 Å². The summed E-state index contributed by atoms with van der Waals surface area (Å²) in [6.07, 6.45) is 0.994. The number of hydrogen-bond donors (Lipinski definition) is 3. The fourth-order valence-corrected chi connectivity index (χ4v) is 3.87. The Bertz CT molecular complexity index is 783. The van der Waals surface area contributed by atoms with Crippen LogP contribution in [0.3, 0.4) is 0 Å². The summed E-state index contributed by atoms with van der Waals surface area (Å²) in [7, 11) is -3.76. The molecular formula is C15H19N3O3S. The summed E-state index contributed by atoms with van der Waals surface area (Å²) >= 11 is 0. The van der Waals surface area contributed by atoms with Crippen molar-refractivity contribution in [2.24, 2.45) is 0 Å². The van der Waals surface area contributed by atoms with Crippen LogP contribution in [-0.2, 0) is 16.4 Å². The van der Waals surface area contributed by atoms with E-state index >= 15 is 0 Å². The van der Waals surface area contributed by atoms with Crippen molar-refractivity contribution >= 4 is 10.0 Å². The molecule has 22 heavy (non-hydrogen) atoms. The molecule has 0 saturated carbocycles. The minimum atomic E-state index is -3.76. The van der Waals surface area contributed by atoms with Crippen LogP contribution in [0.4, 0.5) is 0 Å². The van der Waals surface area contributed by atoms with E-state index in [1.165, 1.54) is 6.20 Å². The summed E-state index contributed by atoms with van der Waals surface area (Å²) in [6.45, 7) is 3.86. The van der Waals surface area contributed by atoms with Crippen molar-refractivity contribution in [2.75, 3.05) is 0 Å². The Morgan fingerprint density at radius 1 is 1.36 bits per heavy atom. The molecule has 1 aromatic heterocycles. The number of benzene rings is 1. The van der Waals surface area contributed by atoms with Crippen LogP contribution < -0.4 is 4.72 Å². The second-order valence-corrected chi connectivity index (χ2v) is 7.54. The molecule has 1 aliphatic carbocycles. The van der Waals surface area contributed by atoms with Gasteiger partial charge in [0.25, 0.3) is 10.0 Å². The van der Waals surface area contributed by atoms with Crippen LogP contribution in [0.1, 0.15) is 42.8 Å². The number of aliphatic hydroxyl groups excluding tert-OH is 1.